The Morgan fingerprint density at radius 1 is 1.09 bits per heavy atom. The monoisotopic (exact) mass is 439 g/mol. The van der Waals surface area contributed by atoms with Crippen LogP contribution in [-0.4, -0.2) is 23.4 Å². The molecule has 32 heavy (non-hydrogen) atoms. The van der Waals surface area contributed by atoms with Gasteiger partial charge < -0.3 is 14.3 Å². The molecular formula is C24H19F2NO5. The van der Waals surface area contributed by atoms with Gasteiger partial charge in [0.2, 0.25) is 0 Å². The molecule has 0 spiro atoms. The van der Waals surface area contributed by atoms with E-state index in [2.05, 4.69) is 0 Å². The summed E-state index contributed by atoms with van der Waals surface area (Å²) in [6, 6.07) is 10.9. The highest BCUT2D eigenvalue weighted by atomic mass is 19.1. The minimum atomic E-state index is -1.24. The lowest BCUT2D eigenvalue weighted by molar-refractivity contribution is -0.132. The molecule has 0 saturated carbocycles. The molecule has 1 amide bonds. The Bertz CT molecular complexity index is 1230. The Morgan fingerprint density at radius 3 is 2.41 bits per heavy atom. The Hall–Kier alpha value is -3.94. The van der Waals surface area contributed by atoms with Gasteiger partial charge in [-0.15, -0.1) is 0 Å². The Labute approximate surface area is 182 Å². The van der Waals surface area contributed by atoms with E-state index in [-0.39, 0.29) is 22.6 Å². The number of anilines is 1. The first-order valence-corrected chi connectivity index (χ1v) is 9.87. The van der Waals surface area contributed by atoms with Gasteiger partial charge in [-0.3, -0.25) is 14.5 Å². The Morgan fingerprint density at radius 2 is 1.81 bits per heavy atom. The minimum absolute atomic E-state index is 0.151. The summed E-state index contributed by atoms with van der Waals surface area (Å²) in [4.78, 5) is 26.8. The third-order valence-corrected chi connectivity index (χ3v) is 5.08. The van der Waals surface area contributed by atoms with E-state index in [9.17, 15) is 23.5 Å². The second-order valence-corrected chi connectivity index (χ2v) is 7.17. The normalized spacial score (nSPS) is 17.8. The lowest BCUT2D eigenvalue weighted by atomic mass is 9.99. The van der Waals surface area contributed by atoms with E-state index >= 15 is 0 Å². The number of carbonyl (C=O) groups is 2. The van der Waals surface area contributed by atoms with Gasteiger partial charge in [-0.2, -0.15) is 0 Å². The molecule has 4 rings (SSSR count). The van der Waals surface area contributed by atoms with Crippen LogP contribution in [0.5, 0.6) is 5.75 Å². The van der Waals surface area contributed by atoms with Crippen LogP contribution < -0.4 is 9.64 Å². The molecule has 1 saturated heterocycles. The molecule has 1 atom stereocenters. The van der Waals surface area contributed by atoms with Crippen molar-refractivity contribution in [2.24, 2.45) is 0 Å². The van der Waals surface area contributed by atoms with E-state index in [1.54, 1.807) is 25.1 Å². The van der Waals surface area contributed by atoms with Gasteiger partial charge in [0.1, 0.15) is 40.7 Å². The zero-order valence-electron chi connectivity index (χ0n) is 17.3. The predicted molar refractivity (Wildman–Crippen MR) is 112 cm³/mol. The molecule has 0 radical (unpaired) electrons. The van der Waals surface area contributed by atoms with E-state index in [1.165, 1.54) is 18.2 Å². The number of Topliss-reactive ketones (excluding diaryl/α,β-unsaturated/α-hetero) is 1. The van der Waals surface area contributed by atoms with Crippen molar-refractivity contribution in [1.82, 2.24) is 0 Å². The van der Waals surface area contributed by atoms with Crippen LogP contribution in [0.2, 0.25) is 0 Å². The minimum Gasteiger partial charge on any atom is -0.507 e. The maximum atomic E-state index is 14.6. The molecule has 1 aliphatic rings. The number of aryl methyl sites for hydroxylation is 1. The van der Waals surface area contributed by atoms with Crippen molar-refractivity contribution in [3.05, 3.63) is 88.9 Å². The average Bonchev–Trinajstić information content (AvgIpc) is 3.30. The summed E-state index contributed by atoms with van der Waals surface area (Å²) in [5.74, 6) is -3.18. The number of carbonyl (C=O) groups excluding carboxylic acids is 2. The van der Waals surface area contributed by atoms with Gasteiger partial charge >= 0.3 is 0 Å². The Balaban J connectivity index is 1.89. The summed E-state index contributed by atoms with van der Waals surface area (Å²) in [7, 11) is 0. The second kappa shape index (κ2) is 8.30. The summed E-state index contributed by atoms with van der Waals surface area (Å²) >= 11 is 0. The molecule has 3 aromatic rings. The third kappa shape index (κ3) is 3.64. The number of aliphatic hydroxyl groups is 1. The van der Waals surface area contributed by atoms with E-state index < -0.39 is 35.1 Å². The highest BCUT2D eigenvalue weighted by Gasteiger charge is 2.49. The number of ether oxygens (including phenoxy) is 1. The standard InChI is InChI=1S/C24H19F2NO5/c1-3-31-16-8-5-14(6-9-16)22(28)20-21(19-11-4-13(2)32-19)27(24(30)23(20)29)18-10-7-15(25)12-17(18)26/h4-12,21,28H,3H2,1-2H3/b22-20-. The Kier molecular flexibility index (Phi) is 5.52. The van der Waals surface area contributed by atoms with Crippen LogP contribution in [0.3, 0.4) is 0 Å². The molecule has 8 heteroatoms. The van der Waals surface area contributed by atoms with Crippen LogP contribution in [0.1, 0.15) is 30.0 Å². The van der Waals surface area contributed by atoms with Crippen LogP contribution in [0.15, 0.2) is 64.6 Å². The molecule has 2 aromatic carbocycles. The molecule has 1 aliphatic heterocycles. The maximum Gasteiger partial charge on any atom is 0.300 e. The van der Waals surface area contributed by atoms with Crippen molar-refractivity contribution in [3.63, 3.8) is 0 Å². The van der Waals surface area contributed by atoms with Crippen molar-refractivity contribution in [1.29, 1.82) is 0 Å². The summed E-state index contributed by atoms with van der Waals surface area (Å²) in [5.41, 5.74) is -0.310. The SMILES string of the molecule is CCOc1ccc(/C(O)=C2/C(=O)C(=O)N(c3ccc(F)cc3F)C2c2ccc(C)o2)cc1. The second-order valence-electron chi connectivity index (χ2n) is 7.17. The molecule has 6 nitrogen and oxygen atoms in total. The topological polar surface area (TPSA) is 80.0 Å². The zero-order valence-corrected chi connectivity index (χ0v) is 17.3. The average molecular weight is 439 g/mol. The number of hydrogen-bond acceptors (Lipinski definition) is 5. The number of halogens is 2. The first-order valence-electron chi connectivity index (χ1n) is 9.87. The summed E-state index contributed by atoms with van der Waals surface area (Å²) in [6.07, 6.45) is 0. The molecule has 1 unspecified atom stereocenters. The number of amides is 1. The van der Waals surface area contributed by atoms with Crippen molar-refractivity contribution < 1.29 is 32.6 Å². The van der Waals surface area contributed by atoms with Gasteiger partial charge in [0.05, 0.1) is 17.9 Å². The van der Waals surface area contributed by atoms with E-state index in [0.717, 1.165) is 17.0 Å². The fourth-order valence-corrected chi connectivity index (χ4v) is 3.66. The summed E-state index contributed by atoms with van der Waals surface area (Å²) in [5, 5.41) is 11.0. The van der Waals surface area contributed by atoms with Crippen LogP contribution >= 0.6 is 0 Å². The molecule has 1 N–H and O–H groups in total. The highest BCUT2D eigenvalue weighted by Crippen LogP contribution is 2.43. The van der Waals surface area contributed by atoms with Gasteiger partial charge in [0, 0.05) is 11.6 Å². The van der Waals surface area contributed by atoms with Crippen molar-refractivity contribution in [3.8, 4) is 5.75 Å². The van der Waals surface area contributed by atoms with Gasteiger partial charge in [0.15, 0.2) is 0 Å². The first kappa shape index (κ1) is 21.3. The summed E-state index contributed by atoms with van der Waals surface area (Å²) < 4.78 is 39.1. The zero-order chi connectivity index (χ0) is 23.0. The van der Waals surface area contributed by atoms with Crippen LogP contribution in [-0.2, 0) is 9.59 Å². The number of furan rings is 1. The van der Waals surface area contributed by atoms with Gasteiger partial charge in [0.25, 0.3) is 11.7 Å². The first-order chi connectivity index (χ1) is 15.3. The fourth-order valence-electron chi connectivity index (χ4n) is 3.66. The molecule has 164 valence electrons. The predicted octanol–water partition coefficient (Wildman–Crippen LogP) is 4.89. The van der Waals surface area contributed by atoms with Crippen LogP contribution in [0.25, 0.3) is 5.76 Å². The van der Waals surface area contributed by atoms with E-state index in [0.29, 0.717) is 24.2 Å². The van der Waals surface area contributed by atoms with Crippen molar-refractivity contribution in [2.75, 3.05) is 11.5 Å². The number of nitrogens with zero attached hydrogens (tertiary/aromatic N) is 1. The smallest absolute Gasteiger partial charge is 0.300 e. The molecular weight excluding hydrogens is 420 g/mol. The van der Waals surface area contributed by atoms with E-state index in [1.807, 2.05) is 6.92 Å². The van der Waals surface area contributed by atoms with Gasteiger partial charge in [-0.25, -0.2) is 8.78 Å². The molecule has 0 aliphatic carbocycles. The number of aliphatic hydroxyl groups excluding tert-OH is 1. The van der Waals surface area contributed by atoms with Crippen molar-refractivity contribution >= 4 is 23.1 Å². The van der Waals surface area contributed by atoms with Gasteiger partial charge in [-0.1, -0.05) is 0 Å². The van der Waals surface area contributed by atoms with Crippen molar-refractivity contribution in [2.45, 2.75) is 19.9 Å². The number of benzene rings is 2. The van der Waals surface area contributed by atoms with Crippen LogP contribution in [0.4, 0.5) is 14.5 Å². The molecule has 1 aromatic heterocycles. The third-order valence-electron chi connectivity index (χ3n) is 5.08. The van der Waals surface area contributed by atoms with E-state index in [4.69, 9.17) is 9.15 Å². The highest BCUT2D eigenvalue weighted by molar-refractivity contribution is 6.51. The molecule has 2 heterocycles. The number of hydrogen-bond donors (Lipinski definition) is 1. The summed E-state index contributed by atoms with van der Waals surface area (Å²) in [6.45, 7) is 3.95. The lowest BCUT2D eigenvalue weighted by Crippen LogP contribution is -2.30. The fraction of sp³-hybridized carbons (Fsp3) is 0.167. The largest absolute Gasteiger partial charge is 0.507 e. The lowest BCUT2D eigenvalue weighted by Gasteiger charge is -2.23. The molecule has 1 fully saturated rings. The maximum absolute atomic E-state index is 14.6. The van der Waals surface area contributed by atoms with Gasteiger partial charge in [-0.05, 0) is 62.4 Å². The number of rotatable bonds is 5. The quantitative estimate of drug-likeness (QED) is 0.348. The van der Waals surface area contributed by atoms with Crippen LogP contribution in [0, 0.1) is 18.6 Å². The number of ketones is 1. The molecule has 0 bridgehead atoms.